The highest BCUT2D eigenvalue weighted by atomic mass is 79.9. The van der Waals surface area contributed by atoms with Crippen molar-refractivity contribution in [3.8, 4) is 0 Å². The van der Waals surface area contributed by atoms with E-state index in [-0.39, 0.29) is 17.0 Å². The van der Waals surface area contributed by atoms with Crippen molar-refractivity contribution in [1.29, 1.82) is 0 Å². The quantitative estimate of drug-likeness (QED) is 0.780. The number of nitrogens with zero attached hydrogens (tertiary/aromatic N) is 1. The molecule has 0 aromatic rings. The molecule has 0 spiro atoms. The summed E-state index contributed by atoms with van der Waals surface area (Å²) in [5, 5.41) is 3.57. The maximum atomic E-state index is 3.57. The lowest BCUT2D eigenvalue weighted by Crippen LogP contribution is -2.26. The molecule has 1 aliphatic rings. The van der Waals surface area contributed by atoms with Crippen molar-refractivity contribution in [3.63, 3.8) is 0 Å². The van der Waals surface area contributed by atoms with Crippen LogP contribution in [0, 0.1) is 0 Å². The molecule has 0 heterocycles. The Balaban J connectivity index is 0.00000121. The highest BCUT2D eigenvalue weighted by molar-refractivity contribution is 8.93. The molecule has 0 amide bonds. The number of rotatable bonds is 3. The molecule has 0 aliphatic heterocycles. The normalized spacial score (nSPS) is 20.2. The van der Waals surface area contributed by atoms with Crippen molar-refractivity contribution in [2.75, 3.05) is 14.1 Å². The van der Waals surface area contributed by atoms with Crippen LogP contribution in [0.3, 0.4) is 0 Å². The molecule has 1 atom stereocenters. The zero-order valence-corrected chi connectivity index (χ0v) is 10.7. The SMILES string of the molecule is Br.CN(C)PNC1CCCCC1. The fourth-order valence-corrected chi connectivity index (χ4v) is 2.20. The Bertz CT molecular complexity index is 105. The zero-order valence-electron chi connectivity index (χ0n) is 7.97. The van der Waals surface area contributed by atoms with Crippen molar-refractivity contribution in [2.45, 2.75) is 38.1 Å². The third-order valence-corrected chi connectivity index (χ3v) is 3.08. The van der Waals surface area contributed by atoms with Gasteiger partial charge in [-0.2, -0.15) is 0 Å². The molecular formula is C8H20BrN2P. The van der Waals surface area contributed by atoms with Gasteiger partial charge in [-0.3, -0.25) is 9.76 Å². The summed E-state index contributed by atoms with van der Waals surface area (Å²) in [6, 6.07) is 0.810. The Labute approximate surface area is 88.1 Å². The summed E-state index contributed by atoms with van der Waals surface area (Å²) < 4.78 is 2.22. The Morgan fingerprint density at radius 3 is 2.25 bits per heavy atom. The van der Waals surface area contributed by atoms with Crippen molar-refractivity contribution < 1.29 is 0 Å². The molecule has 1 saturated carbocycles. The third-order valence-electron chi connectivity index (χ3n) is 2.10. The average molecular weight is 255 g/mol. The number of hydrogen-bond acceptors (Lipinski definition) is 2. The van der Waals surface area contributed by atoms with E-state index in [9.17, 15) is 0 Å². The molecule has 0 bridgehead atoms. The van der Waals surface area contributed by atoms with Crippen molar-refractivity contribution >= 4 is 25.9 Å². The molecule has 1 rings (SSSR count). The van der Waals surface area contributed by atoms with Crippen LogP contribution in [-0.4, -0.2) is 24.8 Å². The van der Waals surface area contributed by atoms with Gasteiger partial charge in [-0.25, -0.2) is 0 Å². The monoisotopic (exact) mass is 254 g/mol. The largest absolute Gasteiger partial charge is 0.283 e. The van der Waals surface area contributed by atoms with Gasteiger partial charge in [0.15, 0.2) is 0 Å². The third kappa shape index (κ3) is 5.47. The van der Waals surface area contributed by atoms with E-state index in [0.717, 1.165) is 14.9 Å². The van der Waals surface area contributed by atoms with Crippen LogP contribution in [0.2, 0.25) is 0 Å². The maximum Gasteiger partial charge on any atom is 0.0209 e. The Morgan fingerprint density at radius 1 is 1.17 bits per heavy atom. The number of nitrogens with one attached hydrogen (secondary N) is 1. The topological polar surface area (TPSA) is 15.3 Å². The Morgan fingerprint density at radius 2 is 1.75 bits per heavy atom. The van der Waals surface area contributed by atoms with Crippen LogP contribution in [0.4, 0.5) is 0 Å². The van der Waals surface area contributed by atoms with Crippen molar-refractivity contribution in [1.82, 2.24) is 9.76 Å². The summed E-state index contributed by atoms with van der Waals surface area (Å²) in [5.74, 6) is 0. The highest BCUT2D eigenvalue weighted by Crippen LogP contribution is 2.21. The average Bonchev–Trinajstić information content (AvgIpc) is 2.03. The van der Waals surface area contributed by atoms with Gasteiger partial charge in [0.1, 0.15) is 0 Å². The summed E-state index contributed by atoms with van der Waals surface area (Å²) in [6.45, 7) is 0. The van der Waals surface area contributed by atoms with Crippen LogP contribution in [0.15, 0.2) is 0 Å². The molecule has 74 valence electrons. The second-order valence-corrected chi connectivity index (χ2v) is 4.89. The molecule has 1 N–H and O–H groups in total. The number of halogens is 1. The second-order valence-electron chi connectivity index (χ2n) is 3.49. The van der Waals surface area contributed by atoms with Gasteiger partial charge in [-0.1, -0.05) is 19.3 Å². The fourth-order valence-electron chi connectivity index (χ4n) is 1.47. The predicted octanol–water partition coefficient (Wildman–Crippen LogP) is 2.56. The van der Waals surface area contributed by atoms with E-state index in [0.29, 0.717) is 0 Å². The maximum absolute atomic E-state index is 3.57. The van der Waals surface area contributed by atoms with E-state index >= 15 is 0 Å². The molecule has 4 heteroatoms. The van der Waals surface area contributed by atoms with E-state index in [2.05, 4.69) is 23.9 Å². The van der Waals surface area contributed by atoms with E-state index in [1.54, 1.807) is 0 Å². The molecule has 1 unspecified atom stereocenters. The lowest BCUT2D eigenvalue weighted by Gasteiger charge is -2.24. The van der Waals surface area contributed by atoms with Gasteiger partial charge in [0.05, 0.1) is 0 Å². The molecule has 2 nitrogen and oxygen atoms in total. The van der Waals surface area contributed by atoms with Gasteiger partial charge in [-0.15, -0.1) is 17.0 Å². The first-order valence-electron chi connectivity index (χ1n) is 4.47. The van der Waals surface area contributed by atoms with Crippen molar-refractivity contribution in [3.05, 3.63) is 0 Å². The van der Waals surface area contributed by atoms with E-state index in [1.165, 1.54) is 32.1 Å². The lowest BCUT2D eigenvalue weighted by atomic mass is 9.96. The van der Waals surface area contributed by atoms with Crippen LogP contribution >= 0.6 is 25.9 Å². The summed E-state index contributed by atoms with van der Waals surface area (Å²) in [6.07, 6.45) is 7.08. The smallest absolute Gasteiger partial charge is 0.0209 e. The zero-order chi connectivity index (χ0) is 8.10. The van der Waals surface area contributed by atoms with Crippen LogP contribution in [0.1, 0.15) is 32.1 Å². The fraction of sp³-hybridized carbons (Fsp3) is 1.00. The van der Waals surface area contributed by atoms with E-state index in [4.69, 9.17) is 0 Å². The van der Waals surface area contributed by atoms with E-state index < -0.39 is 0 Å². The van der Waals surface area contributed by atoms with E-state index in [1.807, 2.05) is 0 Å². The van der Waals surface area contributed by atoms with Crippen molar-refractivity contribution in [2.24, 2.45) is 0 Å². The molecule has 12 heavy (non-hydrogen) atoms. The standard InChI is InChI=1S/C8H19N2P.BrH/c1-10(2)11-9-8-6-4-3-5-7-8;/h8-9,11H,3-7H2,1-2H3;1H. The summed E-state index contributed by atoms with van der Waals surface area (Å²) >= 11 is 0. The summed E-state index contributed by atoms with van der Waals surface area (Å²) in [7, 11) is 5.04. The minimum Gasteiger partial charge on any atom is -0.283 e. The van der Waals surface area contributed by atoms with Crippen LogP contribution < -0.4 is 5.09 Å². The molecule has 0 radical (unpaired) electrons. The highest BCUT2D eigenvalue weighted by Gasteiger charge is 2.11. The Hall–Kier alpha value is 0.830. The molecule has 0 aromatic heterocycles. The molecule has 0 aromatic carbocycles. The first kappa shape index (κ1) is 12.8. The van der Waals surface area contributed by atoms with Gasteiger partial charge in [0, 0.05) is 14.9 Å². The van der Waals surface area contributed by atoms with Gasteiger partial charge >= 0.3 is 0 Å². The second kappa shape index (κ2) is 7.25. The minimum absolute atomic E-state index is 0. The number of hydrogen-bond donors (Lipinski definition) is 1. The molecule has 0 saturated heterocycles. The summed E-state index contributed by atoms with van der Waals surface area (Å²) in [4.78, 5) is 0. The van der Waals surface area contributed by atoms with Gasteiger partial charge < -0.3 is 0 Å². The molecule has 1 fully saturated rings. The lowest BCUT2D eigenvalue weighted by molar-refractivity contribution is 0.418. The first-order chi connectivity index (χ1) is 5.29. The van der Waals surface area contributed by atoms with Gasteiger partial charge in [0.25, 0.3) is 0 Å². The molecular weight excluding hydrogens is 235 g/mol. The van der Waals surface area contributed by atoms with Crippen LogP contribution in [0.5, 0.6) is 0 Å². The summed E-state index contributed by atoms with van der Waals surface area (Å²) in [5.41, 5.74) is 0. The predicted molar refractivity (Wildman–Crippen MR) is 62.3 cm³/mol. The minimum atomic E-state index is 0. The first-order valence-corrected chi connectivity index (χ1v) is 5.42. The van der Waals surface area contributed by atoms with Crippen LogP contribution in [-0.2, 0) is 0 Å². The molecule has 1 aliphatic carbocycles. The Kier molecular flexibility index (Phi) is 7.76. The van der Waals surface area contributed by atoms with Gasteiger partial charge in [0.2, 0.25) is 0 Å². The van der Waals surface area contributed by atoms with Gasteiger partial charge in [-0.05, 0) is 26.9 Å². The van der Waals surface area contributed by atoms with Crippen LogP contribution in [0.25, 0.3) is 0 Å².